The van der Waals surface area contributed by atoms with Crippen LogP contribution in [0, 0.1) is 21.4 Å². The molecular formula is C26H21ClN4O5. The summed E-state index contributed by atoms with van der Waals surface area (Å²) in [4.78, 5) is 15.4. The summed E-state index contributed by atoms with van der Waals surface area (Å²) in [6.07, 6.45) is 1.40. The van der Waals surface area contributed by atoms with Gasteiger partial charge in [0.2, 0.25) is 0 Å². The molecule has 0 saturated carbocycles. The second-order valence-corrected chi connectivity index (χ2v) is 7.96. The van der Waals surface area contributed by atoms with Crippen molar-refractivity contribution in [2.75, 3.05) is 19.0 Å². The Morgan fingerprint density at radius 3 is 2.61 bits per heavy atom. The van der Waals surface area contributed by atoms with Gasteiger partial charge >= 0.3 is 5.69 Å². The van der Waals surface area contributed by atoms with Crippen LogP contribution in [0.1, 0.15) is 18.1 Å². The number of nitrogens with zero attached hydrogens (tertiary/aromatic N) is 3. The number of methoxy groups -OCH3 is 1. The molecule has 182 valence electrons. The maximum atomic E-state index is 11.6. The number of hydrogen-bond acceptors (Lipinski definition) is 8. The third-order valence-corrected chi connectivity index (χ3v) is 5.64. The Hall–Kier alpha value is -4.55. The van der Waals surface area contributed by atoms with Crippen LogP contribution in [0.4, 0.5) is 17.1 Å². The summed E-state index contributed by atoms with van der Waals surface area (Å²) in [5.74, 6) is 1.28. The van der Waals surface area contributed by atoms with Crippen LogP contribution < -0.4 is 19.5 Å². The summed E-state index contributed by atoms with van der Waals surface area (Å²) in [6, 6.07) is 17.5. The number of nitrogens with one attached hydrogen (secondary N) is 1. The molecule has 0 saturated heterocycles. The SMILES string of the molecule is CCOc1cc2ncc(C#N)c(Nc3ccc(OCc4ccccc4OC)c(Cl)c3)c2cc1[N+](=O)[O-]. The van der Waals surface area contributed by atoms with Gasteiger partial charge in [0, 0.05) is 35.0 Å². The van der Waals surface area contributed by atoms with Crippen LogP contribution in [-0.4, -0.2) is 23.6 Å². The van der Waals surface area contributed by atoms with Crippen LogP contribution in [0.15, 0.2) is 60.8 Å². The smallest absolute Gasteiger partial charge is 0.311 e. The maximum Gasteiger partial charge on any atom is 0.311 e. The Labute approximate surface area is 212 Å². The lowest BCUT2D eigenvalue weighted by atomic mass is 10.1. The maximum absolute atomic E-state index is 11.6. The lowest BCUT2D eigenvalue weighted by Crippen LogP contribution is -2.01. The standard InChI is InChI=1S/C26H21ClN4O5/c1-3-35-25-12-21-19(11-22(25)31(32)33)26(17(13-28)14-29-21)30-18-8-9-24(20(27)10-18)36-15-16-6-4-5-7-23(16)34-2/h4-12,14H,3,15H2,1-2H3,(H,29,30). The van der Waals surface area contributed by atoms with Crippen molar-refractivity contribution in [1.29, 1.82) is 5.26 Å². The van der Waals surface area contributed by atoms with E-state index < -0.39 is 4.92 Å². The zero-order valence-corrected chi connectivity index (χ0v) is 20.2. The first-order valence-corrected chi connectivity index (χ1v) is 11.3. The number of aromatic nitrogens is 1. The number of para-hydroxylation sites is 1. The minimum atomic E-state index is -0.530. The van der Waals surface area contributed by atoms with E-state index in [1.165, 1.54) is 18.3 Å². The van der Waals surface area contributed by atoms with E-state index in [1.54, 1.807) is 32.2 Å². The van der Waals surface area contributed by atoms with Crippen molar-refractivity contribution in [3.05, 3.63) is 87.1 Å². The van der Waals surface area contributed by atoms with E-state index in [9.17, 15) is 15.4 Å². The van der Waals surface area contributed by atoms with Gasteiger partial charge < -0.3 is 19.5 Å². The normalized spacial score (nSPS) is 10.5. The number of nitro benzene ring substituents is 1. The minimum Gasteiger partial charge on any atom is -0.496 e. The Bertz CT molecular complexity index is 1490. The number of nitriles is 1. The molecule has 4 rings (SSSR count). The molecule has 0 unspecified atom stereocenters. The van der Waals surface area contributed by atoms with Gasteiger partial charge in [-0.15, -0.1) is 0 Å². The second-order valence-electron chi connectivity index (χ2n) is 7.56. The van der Waals surface area contributed by atoms with E-state index in [0.717, 1.165) is 5.56 Å². The van der Waals surface area contributed by atoms with Gasteiger partial charge in [-0.1, -0.05) is 29.8 Å². The fourth-order valence-electron chi connectivity index (χ4n) is 3.66. The molecule has 0 fully saturated rings. The molecular weight excluding hydrogens is 484 g/mol. The van der Waals surface area contributed by atoms with Gasteiger partial charge in [-0.25, -0.2) is 0 Å². The second kappa shape index (κ2) is 10.8. The number of ether oxygens (including phenoxy) is 3. The third kappa shape index (κ3) is 5.09. The monoisotopic (exact) mass is 504 g/mol. The largest absolute Gasteiger partial charge is 0.496 e. The van der Waals surface area contributed by atoms with Crippen LogP contribution in [0.25, 0.3) is 10.9 Å². The van der Waals surface area contributed by atoms with E-state index >= 15 is 0 Å². The molecule has 1 heterocycles. The van der Waals surface area contributed by atoms with Gasteiger partial charge in [0.25, 0.3) is 0 Å². The van der Waals surface area contributed by atoms with E-state index in [-0.39, 0.29) is 30.2 Å². The van der Waals surface area contributed by atoms with Crippen LogP contribution in [0.5, 0.6) is 17.2 Å². The summed E-state index contributed by atoms with van der Waals surface area (Å²) < 4.78 is 16.6. The Kier molecular flexibility index (Phi) is 7.37. The molecule has 10 heteroatoms. The number of halogens is 1. The van der Waals surface area contributed by atoms with Crippen molar-refractivity contribution in [2.45, 2.75) is 13.5 Å². The molecule has 0 atom stereocenters. The molecule has 3 aromatic carbocycles. The topological polar surface area (TPSA) is 120 Å². The quantitative estimate of drug-likeness (QED) is 0.205. The van der Waals surface area contributed by atoms with Crippen LogP contribution in [-0.2, 0) is 6.61 Å². The van der Waals surface area contributed by atoms with Gasteiger partial charge in [0.05, 0.1) is 40.4 Å². The van der Waals surface area contributed by atoms with Crippen molar-refractivity contribution in [3.63, 3.8) is 0 Å². The summed E-state index contributed by atoms with van der Waals surface area (Å²) in [7, 11) is 1.59. The molecule has 0 amide bonds. The number of benzene rings is 3. The van der Waals surface area contributed by atoms with E-state index in [2.05, 4.69) is 16.4 Å². The molecule has 0 bridgehead atoms. The number of pyridine rings is 1. The summed E-state index contributed by atoms with van der Waals surface area (Å²) >= 11 is 6.47. The highest BCUT2D eigenvalue weighted by Crippen LogP contribution is 2.38. The minimum absolute atomic E-state index is 0.109. The first-order chi connectivity index (χ1) is 17.4. The van der Waals surface area contributed by atoms with E-state index in [4.69, 9.17) is 25.8 Å². The van der Waals surface area contributed by atoms with Gasteiger partial charge in [-0.2, -0.15) is 5.26 Å². The predicted molar refractivity (Wildman–Crippen MR) is 136 cm³/mol. The summed E-state index contributed by atoms with van der Waals surface area (Å²) in [5, 5.41) is 25.2. The Morgan fingerprint density at radius 1 is 1.11 bits per heavy atom. The molecule has 0 aliphatic rings. The zero-order valence-electron chi connectivity index (χ0n) is 19.4. The third-order valence-electron chi connectivity index (χ3n) is 5.34. The fraction of sp³-hybridized carbons (Fsp3) is 0.154. The van der Waals surface area contributed by atoms with Crippen LogP contribution in [0.3, 0.4) is 0 Å². The number of rotatable bonds is 9. The molecule has 36 heavy (non-hydrogen) atoms. The highest BCUT2D eigenvalue weighted by Gasteiger charge is 2.20. The van der Waals surface area contributed by atoms with Crippen molar-refractivity contribution < 1.29 is 19.1 Å². The summed E-state index contributed by atoms with van der Waals surface area (Å²) in [5.41, 5.74) is 2.23. The van der Waals surface area contributed by atoms with Crippen molar-refractivity contribution in [3.8, 4) is 23.3 Å². The highest BCUT2D eigenvalue weighted by molar-refractivity contribution is 6.32. The molecule has 4 aromatic rings. The molecule has 0 radical (unpaired) electrons. The lowest BCUT2D eigenvalue weighted by Gasteiger charge is -2.15. The summed E-state index contributed by atoms with van der Waals surface area (Å²) in [6.45, 7) is 2.26. The molecule has 1 aromatic heterocycles. The first kappa shape index (κ1) is 24.6. The average Bonchev–Trinajstić information content (AvgIpc) is 2.88. The number of fused-ring (bicyclic) bond motifs is 1. The Morgan fingerprint density at radius 2 is 1.92 bits per heavy atom. The average molecular weight is 505 g/mol. The molecule has 0 aliphatic heterocycles. The molecule has 0 spiro atoms. The van der Waals surface area contributed by atoms with Gasteiger partial charge in [-0.05, 0) is 31.2 Å². The molecule has 0 aliphatic carbocycles. The van der Waals surface area contributed by atoms with Gasteiger partial charge in [-0.3, -0.25) is 15.1 Å². The lowest BCUT2D eigenvalue weighted by molar-refractivity contribution is -0.385. The number of anilines is 2. The number of nitro groups is 1. The van der Waals surface area contributed by atoms with E-state index in [1.807, 2.05) is 24.3 Å². The number of hydrogen-bond donors (Lipinski definition) is 1. The first-order valence-electron chi connectivity index (χ1n) is 10.9. The molecule has 1 N–H and O–H groups in total. The zero-order chi connectivity index (χ0) is 25.7. The van der Waals surface area contributed by atoms with Crippen LogP contribution in [0.2, 0.25) is 5.02 Å². The van der Waals surface area contributed by atoms with Gasteiger partial charge in [0.1, 0.15) is 24.2 Å². The predicted octanol–water partition coefficient (Wildman–Crippen LogP) is 6.40. The fourth-order valence-corrected chi connectivity index (χ4v) is 3.89. The Balaban J connectivity index is 1.66. The van der Waals surface area contributed by atoms with Crippen LogP contribution >= 0.6 is 11.6 Å². The molecule has 9 nitrogen and oxygen atoms in total. The van der Waals surface area contributed by atoms with Crippen molar-refractivity contribution >= 4 is 39.6 Å². The van der Waals surface area contributed by atoms with Crippen molar-refractivity contribution in [2.24, 2.45) is 0 Å². The van der Waals surface area contributed by atoms with Gasteiger partial charge in [0.15, 0.2) is 5.75 Å². The highest BCUT2D eigenvalue weighted by atomic mass is 35.5. The van der Waals surface area contributed by atoms with E-state index in [0.29, 0.717) is 38.8 Å². The van der Waals surface area contributed by atoms with Crippen molar-refractivity contribution in [1.82, 2.24) is 4.98 Å².